The van der Waals surface area contributed by atoms with E-state index in [0.29, 0.717) is 5.11 Å². The summed E-state index contributed by atoms with van der Waals surface area (Å²) in [7, 11) is 0. The lowest BCUT2D eigenvalue weighted by atomic mass is 10.1. The number of pyridine rings is 1. The van der Waals surface area contributed by atoms with Crippen molar-refractivity contribution in [2.24, 2.45) is 5.84 Å². The van der Waals surface area contributed by atoms with Gasteiger partial charge in [-0.25, -0.2) is 5.84 Å². The summed E-state index contributed by atoms with van der Waals surface area (Å²) in [5.74, 6) is 5.07. The van der Waals surface area contributed by atoms with Crippen LogP contribution < -0.4 is 16.6 Å². The predicted molar refractivity (Wildman–Crippen MR) is 97.5 cm³/mol. The van der Waals surface area contributed by atoms with E-state index in [-0.39, 0.29) is 0 Å². The van der Waals surface area contributed by atoms with Crippen molar-refractivity contribution in [2.75, 3.05) is 5.32 Å². The molecule has 118 valence electrons. The lowest BCUT2D eigenvalue weighted by Gasteiger charge is -2.04. The van der Waals surface area contributed by atoms with Crippen LogP contribution in [0.4, 0.5) is 5.69 Å². The van der Waals surface area contributed by atoms with E-state index in [1.807, 2.05) is 48.7 Å². The number of hydrazine groups is 1. The van der Waals surface area contributed by atoms with Gasteiger partial charge in [0, 0.05) is 17.6 Å². The van der Waals surface area contributed by atoms with Crippen LogP contribution in [0.3, 0.4) is 0 Å². The topological polar surface area (TPSA) is 63.0 Å². The van der Waals surface area contributed by atoms with Crippen molar-refractivity contribution >= 4 is 23.0 Å². The Morgan fingerprint density at radius 2 is 1.82 bits per heavy atom. The van der Waals surface area contributed by atoms with Gasteiger partial charge in [0.15, 0.2) is 5.11 Å². The minimum absolute atomic E-state index is 0.413. The van der Waals surface area contributed by atoms with E-state index in [4.69, 9.17) is 18.1 Å². The van der Waals surface area contributed by atoms with Gasteiger partial charge in [-0.1, -0.05) is 44.0 Å². The number of nitrogens with two attached hydrogens (primary N) is 1. The highest BCUT2D eigenvalue weighted by atomic mass is 32.1. The van der Waals surface area contributed by atoms with Crippen molar-refractivity contribution in [1.82, 2.24) is 10.4 Å². The van der Waals surface area contributed by atoms with Crippen molar-refractivity contribution in [3.8, 4) is 0 Å². The molecule has 5 heteroatoms. The molecule has 1 aromatic heterocycles. The lowest BCUT2D eigenvalue weighted by molar-refractivity contribution is 0.707. The average Bonchev–Trinajstić information content (AvgIpc) is 2.57. The van der Waals surface area contributed by atoms with Crippen LogP contribution >= 0.6 is 12.2 Å². The first-order chi connectivity index (χ1) is 10.8. The van der Waals surface area contributed by atoms with Crippen LogP contribution in [0.2, 0.25) is 0 Å². The normalized spacial score (nSPS) is 9.36. The molecule has 22 heavy (non-hydrogen) atoms. The molecular weight excluding hydrogens is 292 g/mol. The van der Waals surface area contributed by atoms with Crippen LogP contribution in [0, 0.1) is 0 Å². The first kappa shape index (κ1) is 18.1. The second kappa shape index (κ2) is 11.7. The van der Waals surface area contributed by atoms with Gasteiger partial charge in [0.05, 0.1) is 0 Å². The summed E-state index contributed by atoms with van der Waals surface area (Å²) >= 11 is 4.79. The molecule has 0 atom stereocenters. The van der Waals surface area contributed by atoms with E-state index in [0.717, 1.165) is 12.1 Å². The molecule has 0 aliphatic rings. The first-order valence-electron chi connectivity index (χ1n) is 7.48. The number of hydrogen-bond acceptors (Lipinski definition) is 3. The minimum Gasteiger partial charge on any atom is -0.332 e. The summed E-state index contributed by atoms with van der Waals surface area (Å²) in [6.45, 7) is 2.22. The zero-order valence-corrected chi connectivity index (χ0v) is 13.8. The number of para-hydroxylation sites is 1. The van der Waals surface area contributed by atoms with Gasteiger partial charge in [-0.05, 0) is 49.3 Å². The molecular formula is C17H24N4S. The molecule has 1 heterocycles. The minimum atomic E-state index is 0.413. The summed E-state index contributed by atoms with van der Waals surface area (Å²) in [4.78, 5) is 4.25. The molecule has 0 spiro atoms. The quantitative estimate of drug-likeness (QED) is 0.340. The van der Waals surface area contributed by atoms with Crippen LogP contribution in [-0.2, 0) is 6.42 Å². The van der Waals surface area contributed by atoms with E-state index in [1.54, 1.807) is 0 Å². The third-order valence-corrected chi connectivity index (χ3v) is 3.15. The Balaban J connectivity index is 0.000000220. The fourth-order valence-electron chi connectivity index (χ4n) is 1.79. The number of rotatable bonds is 5. The number of anilines is 1. The Kier molecular flexibility index (Phi) is 9.57. The summed E-state index contributed by atoms with van der Waals surface area (Å²) < 4.78 is 0. The summed E-state index contributed by atoms with van der Waals surface area (Å²) in [6, 6.07) is 15.7. The van der Waals surface area contributed by atoms with Crippen LogP contribution in [0.25, 0.3) is 0 Å². The molecule has 0 unspecified atom stereocenters. The smallest absolute Gasteiger partial charge is 0.185 e. The Hall–Kier alpha value is -1.98. The molecule has 0 saturated carbocycles. The SMILES string of the molecule is CCCCCc1ccccn1.NNC(=S)Nc1ccccc1. The van der Waals surface area contributed by atoms with Gasteiger partial charge in [0.25, 0.3) is 0 Å². The third kappa shape index (κ3) is 8.34. The molecule has 0 amide bonds. The standard InChI is InChI=1S/C10H15N.C7H9N3S/c1-2-3-4-7-10-8-5-6-9-11-10;8-10-7(11)9-6-4-2-1-3-5-6/h5-6,8-9H,2-4,7H2,1H3;1-5H,8H2,(H2,9,10,11). The van der Waals surface area contributed by atoms with Crippen LogP contribution in [0.15, 0.2) is 54.7 Å². The van der Waals surface area contributed by atoms with E-state index in [2.05, 4.69) is 28.7 Å². The second-order valence-corrected chi connectivity index (χ2v) is 5.15. The molecule has 4 nitrogen and oxygen atoms in total. The van der Waals surface area contributed by atoms with Gasteiger partial charge in [0.2, 0.25) is 0 Å². The maximum Gasteiger partial charge on any atom is 0.185 e. The van der Waals surface area contributed by atoms with Gasteiger partial charge in [-0.15, -0.1) is 0 Å². The van der Waals surface area contributed by atoms with Gasteiger partial charge in [-0.3, -0.25) is 4.98 Å². The molecule has 0 aliphatic carbocycles. The zero-order chi connectivity index (χ0) is 16.0. The van der Waals surface area contributed by atoms with Crippen molar-refractivity contribution in [3.05, 3.63) is 60.4 Å². The second-order valence-electron chi connectivity index (χ2n) is 4.74. The number of aromatic nitrogens is 1. The lowest BCUT2D eigenvalue weighted by Crippen LogP contribution is -2.34. The van der Waals surface area contributed by atoms with E-state index >= 15 is 0 Å². The molecule has 1 aromatic carbocycles. The Morgan fingerprint density at radius 3 is 2.41 bits per heavy atom. The van der Waals surface area contributed by atoms with Crippen molar-refractivity contribution in [2.45, 2.75) is 32.6 Å². The third-order valence-electron chi connectivity index (χ3n) is 2.93. The average molecular weight is 316 g/mol. The number of nitrogens with zero attached hydrogens (tertiary/aromatic N) is 1. The summed E-state index contributed by atoms with van der Waals surface area (Å²) in [5, 5.41) is 3.30. The van der Waals surface area contributed by atoms with Gasteiger partial charge in [0.1, 0.15) is 0 Å². The van der Waals surface area contributed by atoms with Crippen molar-refractivity contribution in [3.63, 3.8) is 0 Å². The van der Waals surface area contributed by atoms with Gasteiger partial charge in [-0.2, -0.15) is 0 Å². The highest BCUT2D eigenvalue weighted by Gasteiger charge is 1.91. The maximum atomic E-state index is 5.07. The monoisotopic (exact) mass is 316 g/mol. The van der Waals surface area contributed by atoms with E-state index < -0.39 is 0 Å². The van der Waals surface area contributed by atoms with E-state index in [1.165, 1.54) is 25.0 Å². The highest BCUT2D eigenvalue weighted by molar-refractivity contribution is 7.80. The predicted octanol–water partition coefficient (Wildman–Crippen LogP) is 3.66. The molecule has 2 rings (SSSR count). The molecule has 0 bridgehead atoms. The maximum absolute atomic E-state index is 5.07. The summed E-state index contributed by atoms with van der Waals surface area (Å²) in [5.41, 5.74) is 4.48. The van der Waals surface area contributed by atoms with Crippen molar-refractivity contribution < 1.29 is 0 Å². The number of unbranched alkanes of at least 4 members (excludes halogenated alkanes) is 2. The molecule has 0 aliphatic heterocycles. The number of hydrogen-bond donors (Lipinski definition) is 3. The Labute approximate surface area is 138 Å². The molecule has 4 N–H and O–H groups in total. The number of thiocarbonyl (C=S) groups is 1. The first-order valence-corrected chi connectivity index (χ1v) is 7.89. The fourth-order valence-corrected chi connectivity index (χ4v) is 1.91. The zero-order valence-electron chi connectivity index (χ0n) is 13.0. The largest absolute Gasteiger partial charge is 0.332 e. The van der Waals surface area contributed by atoms with Crippen LogP contribution in [-0.4, -0.2) is 10.1 Å². The highest BCUT2D eigenvalue weighted by Crippen LogP contribution is 2.04. The Morgan fingerprint density at radius 1 is 1.09 bits per heavy atom. The van der Waals surface area contributed by atoms with Crippen LogP contribution in [0.1, 0.15) is 31.9 Å². The van der Waals surface area contributed by atoms with Gasteiger partial charge < -0.3 is 10.7 Å². The van der Waals surface area contributed by atoms with E-state index in [9.17, 15) is 0 Å². The Bertz CT molecular complexity index is 517. The van der Waals surface area contributed by atoms with Crippen molar-refractivity contribution in [1.29, 1.82) is 0 Å². The molecule has 0 fully saturated rings. The summed E-state index contributed by atoms with van der Waals surface area (Å²) in [6.07, 6.45) is 6.87. The molecule has 2 aromatic rings. The number of benzene rings is 1. The molecule has 0 radical (unpaired) electrons. The number of nitrogens with one attached hydrogen (secondary N) is 2. The van der Waals surface area contributed by atoms with Gasteiger partial charge >= 0.3 is 0 Å². The molecule has 0 saturated heterocycles. The fraction of sp³-hybridized carbons (Fsp3) is 0.294. The van der Waals surface area contributed by atoms with Crippen LogP contribution in [0.5, 0.6) is 0 Å². The number of aryl methyl sites for hydroxylation is 1.